The molecule has 1 N–H and O–H groups in total. The molecule has 12 nitrogen and oxygen atoms in total. The highest BCUT2D eigenvalue weighted by Crippen LogP contribution is 2.33. The number of rotatable bonds is 7. The molecule has 180 valence electrons. The third-order valence-electron chi connectivity index (χ3n) is 4.93. The number of amides is 2. The number of H-pyrrole nitrogens is 1. The summed E-state index contributed by atoms with van der Waals surface area (Å²) in [5.41, 5.74) is 1.21. The Balaban J connectivity index is 1.62. The lowest BCUT2D eigenvalue weighted by molar-refractivity contribution is -0.130. The second kappa shape index (κ2) is 10.3. The molecule has 1 aromatic heterocycles. The predicted molar refractivity (Wildman–Crippen MR) is 125 cm³/mol. The van der Waals surface area contributed by atoms with Crippen LogP contribution in [0.25, 0.3) is 6.08 Å². The van der Waals surface area contributed by atoms with Gasteiger partial charge in [0, 0.05) is 18.1 Å². The van der Waals surface area contributed by atoms with Crippen molar-refractivity contribution in [3.63, 3.8) is 0 Å². The van der Waals surface area contributed by atoms with Crippen molar-refractivity contribution in [2.45, 2.75) is 6.92 Å². The maximum absolute atomic E-state index is 12.6. The van der Waals surface area contributed by atoms with Gasteiger partial charge in [0.25, 0.3) is 0 Å². The molecular weight excluding hydrogens is 468 g/mol. The molecule has 0 fully saturated rings. The van der Waals surface area contributed by atoms with Gasteiger partial charge in [0.2, 0.25) is 17.6 Å². The van der Waals surface area contributed by atoms with Gasteiger partial charge in [0.1, 0.15) is 12.4 Å². The van der Waals surface area contributed by atoms with Crippen LogP contribution in [0.15, 0.2) is 59.5 Å². The van der Waals surface area contributed by atoms with Gasteiger partial charge in [-0.1, -0.05) is 12.1 Å². The molecule has 0 radical (unpaired) electrons. The second-order valence-corrected chi connectivity index (χ2v) is 7.20. The number of cyclic esters (lactones) is 1. The number of benzene rings is 2. The van der Waals surface area contributed by atoms with Gasteiger partial charge in [-0.05, 0) is 36.4 Å². The van der Waals surface area contributed by atoms with E-state index in [-0.39, 0.29) is 35.5 Å². The number of nitrogens with zero attached hydrogens (tertiary/aromatic N) is 5. The highest BCUT2D eigenvalue weighted by Gasteiger charge is 2.27. The average molecular weight is 486 g/mol. The Morgan fingerprint density at radius 2 is 2.00 bits per heavy atom. The summed E-state index contributed by atoms with van der Waals surface area (Å²) in [6.45, 7) is 1.04. The number of para-hydroxylation sites is 1. The van der Waals surface area contributed by atoms with Gasteiger partial charge >= 0.3 is 11.9 Å². The molecule has 2 amide bonds. The fourth-order valence-corrected chi connectivity index (χ4v) is 3.36. The van der Waals surface area contributed by atoms with Crippen LogP contribution in [0.5, 0.6) is 11.5 Å². The van der Waals surface area contributed by atoms with E-state index in [2.05, 4.69) is 20.2 Å². The zero-order valence-electron chi connectivity index (χ0n) is 19.1. The monoisotopic (exact) mass is 486 g/mol. The van der Waals surface area contributed by atoms with Crippen LogP contribution in [-0.4, -0.2) is 52.6 Å². The summed E-state index contributed by atoms with van der Waals surface area (Å²) >= 11 is 0. The number of aliphatic imine (C=N–C) groups is 1. The zero-order chi connectivity index (χ0) is 25.7. The molecule has 0 spiro atoms. The lowest BCUT2D eigenvalue weighted by Crippen LogP contribution is -2.36. The fraction of sp³-hybridized carbons (Fsp3) is 0.125. The van der Waals surface area contributed by atoms with Gasteiger partial charge in [-0.3, -0.25) is 14.7 Å². The van der Waals surface area contributed by atoms with Crippen LogP contribution >= 0.6 is 0 Å². The van der Waals surface area contributed by atoms with Crippen molar-refractivity contribution in [1.29, 1.82) is 5.26 Å². The average Bonchev–Trinajstić information content (AvgIpc) is 3.54. The lowest BCUT2D eigenvalue weighted by atomic mass is 10.1. The van der Waals surface area contributed by atoms with Crippen molar-refractivity contribution in [2.75, 3.05) is 18.6 Å². The van der Waals surface area contributed by atoms with Crippen molar-refractivity contribution in [3.05, 3.63) is 71.4 Å². The molecule has 0 atom stereocenters. The van der Waals surface area contributed by atoms with E-state index in [0.29, 0.717) is 16.9 Å². The first-order valence-corrected chi connectivity index (χ1v) is 10.4. The van der Waals surface area contributed by atoms with E-state index >= 15 is 0 Å². The first-order chi connectivity index (χ1) is 17.4. The van der Waals surface area contributed by atoms with E-state index in [1.165, 1.54) is 32.2 Å². The normalized spacial score (nSPS) is 13.5. The minimum Gasteiger partial charge on any atom is -0.493 e. The summed E-state index contributed by atoms with van der Waals surface area (Å²) in [4.78, 5) is 46.2. The molecule has 0 aliphatic carbocycles. The van der Waals surface area contributed by atoms with E-state index < -0.39 is 17.8 Å². The smallest absolute Gasteiger partial charge is 0.363 e. The number of aromatic nitrogens is 3. The number of ether oxygens (including phenoxy) is 3. The van der Waals surface area contributed by atoms with Crippen molar-refractivity contribution >= 4 is 35.4 Å². The van der Waals surface area contributed by atoms with Gasteiger partial charge in [0.15, 0.2) is 23.8 Å². The number of esters is 1. The minimum absolute atomic E-state index is 0.00926. The number of nitriles is 1. The number of carbonyl (C=O) groups is 3. The molecular formula is C24H18N6O6. The summed E-state index contributed by atoms with van der Waals surface area (Å²) < 4.78 is 16.1. The Morgan fingerprint density at radius 1 is 1.22 bits per heavy atom. The topological polar surface area (TPSA) is 160 Å². The number of hydrogen-bond donors (Lipinski definition) is 1. The van der Waals surface area contributed by atoms with E-state index in [4.69, 9.17) is 19.5 Å². The number of methoxy groups -OCH3 is 1. The quantitative estimate of drug-likeness (QED) is 0.390. The van der Waals surface area contributed by atoms with Gasteiger partial charge in [-0.2, -0.15) is 10.4 Å². The maximum Gasteiger partial charge on any atom is 0.363 e. The summed E-state index contributed by atoms with van der Waals surface area (Å²) in [5.74, 6) is -1.25. The highest BCUT2D eigenvalue weighted by atomic mass is 16.6. The molecule has 3 aromatic rings. The molecule has 1 aliphatic heterocycles. The molecule has 2 heterocycles. The number of imide groups is 1. The minimum atomic E-state index is -0.686. The third kappa shape index (κ3) is 4.80. The SMILES string of the molecule is COc1cccc(/C=C2/N=C(c3ccc(N(C(C)=O)C(=O)c4ncn[nH]4)cc3)OC2=O)c1OCC#N. The number of carbonyl (C=O) groups excluding carboxylic acids is 3. The van der Waals surface area contributed by atoms with Crippen LogP contribution in [0.1, 0.15) is 28.7 Å². The molecule has 0 bridgehead atoms. The van der Waals surface area contributed by atoms with E-state index in [0.717, 1.165) is 11.2 Å². The molecule has 12 heteroatoms. The first-order valence-electron chi connectivity index (χ1n) is 10.4. The van der Waals surface area contributed by atoms with Gasteiger partial charge in [-0.15, -0.1) is 0 Å². The Labute approximate surface area is 204 Å². The largest absolute Gasteiger partial charge is 0.493 e. The highest BCUT2D eigenvalue weighted by molar-refractivity contribution is 6.19. The van der Waals surface area contributed by atoms with Crippen LogP contribution in [0.3, 0.4) is 0 Å². The summed E-state index contributed by atoms with van der Waals surface area (Å²) in [6.07, 6.45) is 2.63. The molecule has 1 aliphatic rings. The van der Waals surface area contributed by atoms with Crippen molar-refractivity contribution in [1.82, 2.24) is 15.2 Å². The molecule has 2 aromatic carbocycles. The summed E-state index contributed by atoms with van der Waals surface area (Å²) in [7, 11) is 1.46. The molecule has 4 rings (SSSR count). The van der Waals surface area contributed by atoms with Crippen molar-refractivity contribution < 1.29 is 28.6 Å². The van der Waals surface area contributed by atoms with Gasteiger partial charge in [-0.25, -0.2) is 19.7 Å². The van der Waals surface area contributed by atoms with E-state index in [9.17, 15) is 14.4 Å². The Morgan fingerprint density at radius 3 is 2.64 bits per heavy atom. The van der Waals surface area contributed by atoms with E-state index in [1.54, 1.807) is 30.3 Å². The predicted octanol–water partition coefficient (Wildman–Crippen LogP) is 2.25. The number of hydrogen-bond acceptors (Lipinski definition) is 10. The maximum atomic E-state index is 12.6. The van der Waals surface area contributed by atoms with E-state index in [1.807, 2.05) is 6.07 Å². The Kier molecular flexibility index (Phi) is 6.83. The lowest BCUT2D eigenvalue weighted by Gasteiger charge is -2.18. The van der Waals surface area contributed by atoms with Gasteiger partial charge in [0.05, 0.1) is 12.8 Å². The van der Waals surface area contributed by atoms with Crippen LogP contribution in [0.4, 0.5) is 5.69 Å². The van der Waals surface area contributed by atoms with Gasteiger partial charge < -0.3 is 14.2 Å². The Bertz CT molecular complexity index is 1420. The van der Waals surface area contributed by atoms with Crippen molar-refractivity contribution in [2.24, 2.45) is 4.99 Å². The number of anilines is 1. The third-order valence-corrected chi connectivity index (χ3v) is 4.93. The van der Waals surface area contributed by atoms with Crippen LogP contribution < -0.4 is 14.4 Å². The molecule has 0 unspecified atom stereocenters. The summed E-state index contributed by atoms with van der Waals surface area (Å²) in [6, 6.07) is 13.1. The zero-order valence-corrected chi connectivity index (χ0v) is 19.1. The number of nitrogens with one attached hydrogen (secondary N) is 1. The van der Waals surface area contributed by atoms with Crippen LogP contribution in [0.2, 0.25) is 0 Å². The standard InChI is InChI=1S/C24H18N6O6/c1-14(31)30(23(32)21-26-13-27-29-21)17-8-6-15(7-9-17)22-28-18(24(33)36-22)12-16-4-3-5-19(34-2)20(16)35-11-10-25/h3-9,12-13H,11H2,1-2H3,(H,26,27,29)/b18-12+. The van der Waals surface area contributed by atoms with Crippen LogP contribution in [-0.2, 0) is 14.3 Å². The Hall–Kier alpha value is -5.31. The molecule has 36 heavy (non-hydrogen) atoms. The van der Waals surface area contributed by atoms with Crippen molar-refractivity contribution in [3.8, 4) is 17.6 Å². The molecule has 0 saturated carbocycles. The second-order valence-electron chi connectivity index (χ2n) is 7.20. The first kappa shape index (κ1) is 23.8. The number of aromatic amines is 1. The summed E-state index contributed by atoms with van der Waals surface area (Å²) in [5, 5.41) is 14.9. The van der Waals surface area contributed by atoms with Crippen LogP contribution in [0, 0.1) is 11.3 Å². The fourth-order valence-electron chi connectivity index (χ4n) is 3.36. The molecule has 0 saturated heterocycles.